The van der Waals surface area contributed by atoms with Gasteiger partial charge in [0.25, 0.3) is 5.91 Å². The van der Waals surface area contributed by atoms with Gasteiger partial charge in [-0.15, -0.1) is 0 Å². The Hall–Kier alpha value is -1.84. The van der Waals surface area contributed by atoms with Gasteiger partial charge in [0.05, 0.1) is 0 Å². The Morgan fingerprint density at radius 2 is 2.11 bits per heavy atom. The first kappa shape index (κ1) is 12.6. The van der Waals surface area contributed by atoms with Gasteiger partial charge in [-0.3, -0.25) is 4.79 Å². The Morgan fingerprint density at radius 1 is 1.44 bits per heavy atom. The maximum atomic E-state index is 12.2. The van der Waals surface area contributed by atoms with Crippen molar-refractivity contribution < 1.29 is 14.7 Å². The van der Waals surface area contributed by atoms with Crippen molar-refractivity contribution in [2.75, 3.05) is 0 Å². The summed E-state index contributed by atoms with van der Waals surface area (Å²) in [5, 5.41) is 9.34. The van der Waals surface area contributed by atoms with Crippen LogP contribution < -0.4 is 0 Å². The maximum Gasteiger partial charge on any atom is 0.326 e. The van der Waals surface area contributed by atoms with Crippen LogP contribution in [0, 0.1) is 5.92 Å². The summed E-state index contributed by atoms with van der Waals surface area (Å²) >= 11 is 0. The number of hydrogen-bond donors (Lipinski definition) is 1. The normalized spacial score (nSPS) is 17.4. The largest absolute Gasteiger partial charge is 0.480 e. The molecule has 0 saturated heterocycles. The van der Waals surface area contributed by atoms with E-state index < -0.39 is 12.0 Å². The van der Waals surface area contributed by atoms with E-state index in [0.717, 1.165) is 12.0 Å². The Bertz CT molecular complexity index is 484. The van der Waals surface area contributed by atoms with Gasteiger partial charge in [-0.2, -0.15) is 0 Å². The summed E-state index contributed by atoms with van der Waals surface area (Å²) < 4.78 is 0. The zero-order chi connectivity index (χ0) is 13.3. The summed E-state index contributed by atoms with van der Waals surface area (Å²) in [6, 6.07) is 6.57. The van der Waals surface area contributed by atoms with E-state index in [1.165, 1.54) is 4.90 Å². The highest BCUT2D eigenvalue weighted by molar-refractivity contribution is 6.00. The number of carbonyl (C=O) groups excluding carboxylic acids is 1. The van der Waals surface area contributed by atoms with Crippen molar-refractivity contribution in [3.05, 3.63) is 35.4 Å². The molecule has 96 valence electrons. The number of benzene rings is 1. The molecular weight excluding hydrogens is 230 g/mol. The summed E-state index contributed by atoms with van der Waals surface area (Å²) in [4.78, 5) is 25.1. The molecule has 1 aromatic carbocycles. The van der Waals surface area contributed by atoms with E-state index >= 15 is 0 Å². The number of fused-ring (bicyclic) bond motifs is 1. The molecule has 0 radical (unpaired) electrons. The molecule has 4 nitrogen and oxygen atoms in total. The number of nitrogens with zero attached hydrogens (tertiary/aromatic N) is 1. The molecule has 2 atom stereocenters. The lowest BCUT2D eigenvalue weighted by Gasteiger charge is -2.28. The zero-order valence-corrected chi connectivity index (χ0v) is 10.6. The second-order valence-corrected chi connectivity index (χ2v) is 4.76. The molecule has 1 aromatic rings. The van der Waals surface area contributed by atoms with Crippen LogP contribution in [0.4, 0.5) is 0 Å². The van der Waals surface area contributed by atoms with Gasteiger partial charge in [-0.1, -0.05) is 38.5 Å². The quantitative estimate of drug-likeness (QED) is 0.886. The number of carboxylic acids is 1. The number of hydrogen-bond acceptors (Lipinski definition) is 2. The number of carbonyl (C=O) groups is 2. The molecule has 4 heteroatoms. The van der Waals surface area contributed by atoms with Crippen LogP contribution >= 0.6 is 0 Å². The van der Waals surface area contributed by atoms with E-state index in [0.29, 0.717) is 12.1 Å². The van der Waals surface area contributed by atoms with Crippen LogP contribution in [0.2, 0.25) is 0 Å². The first-order valence-electron chi connectivity index (χ1n) is 6.18. The van der Waals surface area contributed by atoms with Crippen molar-refractivity contribution in [3.63, 3.8) is 0 Å². The number of carboxylic acid groups (broad SMARTS) is 1. The van der Waals surface area contributed by atoms with E-state index in [9.17, 15) is 14.7 Å². The van der Waals surface area contributed by atoms with Gasteiger partial charge in [0.15, 0.2) is 0 Å². The third kappa shape index (κ3) is 1.98. The second kappa shape index (κ2) is 4.80. The average Bonchev–Trinajstić information content (AvgIpc) is 2.67. The number of rotatable bonds is 4. The summed E-state index contributed by atoms with van der Waals surface area (Å²) in [5.74, 6) is -1.15. The van der Waals surface area contributed by atoms with Crippen molar-refractivity contribution in [2.45, 2.75) is 32.9 Å². The summed E-state index contributed by atoms with van der Waals surface area (Å²) in [7, 11) is 0. The van der Waals surface area contributed by atoms with E-state index in [1.54, 1.807) is 12.1 Å². The molecule has 0 spiro atoms. The lowest BCUT2D eigenvalue weighted by molar-refractivity contribution is -0.144. The van der Waals surface area contributed by atoms with Crippen molar-refractivity contribution in [2.24, 2.45) is 5.92 Å². The van der Waals surface area contributed by atoms with Crippen LogP contribution in [0.15, 0.2) is 24.3 Å². The molecule has 0 saturated carbocycles. The highest BCUT2D eigenvalue weighted by Gasteiger charge is 2.38. The Balaban J connectivity index is 2.31. The molecule has 0 aliphatic carbocycles. The molecule has 1 heterocycles. The van der Waals surface area contributed by atoms with Gasteiger partial charge in [-0.25, -0.2) is 4.79 Å². The van der Waals surface area contributed by atoms with Crippen LogP contribution in [0.1, 0.15) is 36.2 Å². The SMILES string of the molecule is CC[C@@H](C)[C@@H](C(=O)O)N1Cc2ccccc2C1=O. The minimum atomic E-state index is -0.925. The molecule has 18 heavy (non-hydrogen) atoms. The van der Waals surface area contributed by atoms with Crippen LogP contribution in [0.5, 0.6) is 0 Å². The predicted octanol–water partition coefficient (Wildman–Crippen LogP) is 2.14. The summed E-state index contributed by atoms with van der Waals surface area (Å²) in [6.45, 7) is 4.21. The topological polar surface area (TPSA) is 57.6 Å². The third-order valence-corrected chi connectivity index (χ3v) is 3.62. The minimum Gasteiger partial charge on any atom is -0.480 e. The highest BCUT2D eigenvalue weighted by atomic mass is 16.4. The lowest BCUT2D eigenvalue weighted by atomic mass is 9.98. The molecular formula is C14H17NO3. The zero-order valence-electron chi connectivity index (χ0n) is 10.6. The molecule has 0 aromatic heterocycles. The van der Waals surface area contributed by atoms with Crippen LogP contribution in [-0.2, 0) is 11.3 Å². The predicted molar refractivity (Wildman–Crippen MR) is 67.2 cm³/mol. The Morgan fingerprint density at radius 3 is 2.67 bits per heavy atom. The Labute approximate surface area is 106 Å². The van der Waals surface area contributed by atoms with E-state index in [4.69, 9.17) is 0 Å². The number of amides is 1. The van der Waals surface area contributed by atoms with Crippen molar-refractivity contribution in [1.29, 1.82) is 0 Å². The van der Waals surface area contributed by atoms with E-state index in [1.807, 2.05) is 26.0 Å². The van der Waals surface area contributed by atoms with E-state index in [2.05, 4.69) is 0 Å². The fourth-order valence-electron chi connectivity index (χ4n) is 2.41. The van der Waals surface area contributed by atoms with Gasteiger partial charge in [0.2, 0.25) is 0 Å². The van der Waals surface area contributed by atoms with Crippen LogP contribution in [0.25, 0.3) is 0 Å². The first-order valence-corrected chi connectivity index (χ1v) is 6.18. The van der Waals surface area contributed by atoms with Gasteiger partial charge in [-0.05, 0) is 17.5 Å². The van der Waals surface area contributed by atoms with Crippen LogP contribution in [0.3, 0.4) is 0 Å². The molecule has 1 aliphatic rings. The summed E-state index contributed by atoms with van der Waals surface area (Å²) in [5.41, 5.74) is 1.55. The van der Waals surface area contributed by atoms with Crippen molar-refractivity contribution >= 4 is 11.9 Å². The standard InChI is InChI=1S/C14H17NO3/c1-3-9(2)12(14(17)18)15-8-10-6-4-5-7-11(10)13(15)16/h4-7,9,12H,3,8H2,1-2H3,(H,17,18)/t9-,12+/m1/s1. The molecule has 2 rings (SSSR count). The van der Waals surface area contributed by atoms with Gasteiger partial charge in [0, 0.05) is 12.1 Å². The Kier molecular flexibility index (Phi) is 3.36. The molecule has 1 N–H and O–H groups in total. The van der Waals surface area contributed by atoms with E-state index in [-0.39, 0.29) is 11.8 Å². The van der Waals surface area contributed by atoms with Crippen molar-refractivity contribution in [1.82, 2.24) is 4.90 Å². The average molecular weight is 247 g/mol. The fraction of sp³-hybridized carbons (Fsp3) is 0.429. The molecule has 1 amide bonds. The van der Waals surface area contributed by atoms with Gasteiger partial charge >= 0.3 is 5.97 Å². The van der Waals surface area contributed by atoms with Crippen LogP contribution in [-0.4, -0.2) is 27.9 Å². The second-order valence-electron chi connectivity index (χ2n) is 4.76. The van der Waals surface area contributed by atoms with Gasteiger partial charge in [0.1, 0.15) is 6.04 Å². The molecule has 1 aliphatic heterocycles. The lowest BCUT2D eigenvalue weighted by Crippen LogP contribution is -2.45. The molecule has 0 fully saturated rings. The van der Waals surface area contributed by atoms with Crippen molar-refractivity contribution in [3.8, 4) is 0 Å². The monoisotopic (exact) mass is 247 g/mol. The smallest absolute Gasteiger partial charge is 0.326 e. The molecule has 0 bridgehead atoms. The maximum absolute atomic E-state index is 12.2. The first-order chi connectivity index (χ1) is 8.56. The summed E-state index contributed by atoms with van der Waals surface area (Å²) in [6.07, 6.45) is 0.733. The van der Waals surface area contributed by atoms with Gasteiger partial charge < -0.3 is 10.0 Å². The molecule has 0 unspecified atom stereocenters. The minimum absolute atomic E-state index is 0.0548. The highest BCUT2D eigenvalue weighted by Crippen LogP contribution is 2.27. The fourth-order valence-corrected chi connectivity index (χ4v) is 2.41. The third-order valence-electron chi connectivity index (χ3n) is 3.62. The number of aliphatic carboxylic acids is 1.